The standard InChI is InChI=1S/C10H17BrN2/c1-3-5-9(11)8-10-12-6-7-13(10)4-2/h6-7,9H,3-5,8H2,1-2H3. The van der Waals surface area contributed by atoms with E-state index in [9.17, 15) is 0 Å². The highest BCUT2D eigenvalue weighted by Gasteiger charge is 2.08. The van der Waals surface area contributed by atoms with Crippen molar-refractivity contribution < 1.29 is 0 Å². The lowest BCUT2D eigenvalue weighted by Crippen LogP contribution is -2.08. The van der Waals surface area contributed by atoms with E-state index in [4.69, 9.17) is 0 Å². The fourth-order valence-corrected chi connectivity index (χ4v) is 2.18. The van der Waals surface area contributed by atoms with Crippen LogP contribution in [0.15, 0.2) is 12.4 Å². The van der Waals surface area contributed by atoms with Gasteiger partial charge in [-0.25, -0.2) is 4.98 Å². The van der Waals surface area contributed by atoms with Gasteiger partial charge in [0.15, 0.2) is 0 Å². The van der Waals surface area contributed by atoms with Crippen LogP contribution in [0.5, 0.6) is 0 Å². The normalized spacial score (nSPS) is 13.2. The molecule has 3 heteroatoms. The third-order valence-corrected chi connectivity index (χ3v) is 2.93. The van der Waals surface area contributed by atoms with Gasteiger partial charge in [-0.2, -0.15) is 0 Å². The van der Waals surface area contributed by atoms with Crippen molar-refractivity contribution in [1.29, 1.82) is 0 Å². The molecule has 0 bridgehead atoms. The van der Waals surface area contributed by atoms with Crippen molar-refractivity contribution in [3.05, 3.63) is 18.2 Å². The molecule has 0 saturated heterocycles. The number of aryl methyl sites for hydroxylation is 1. The Morgan fingerprint density at radius 2 is 2.31 bits per heavy atom. The van der Waals surface area contributed by atoms with Gasteiger partial charge in [0.2, 0.25) is 0 Å². The van der Waals surface area contributed by atoms with Crippen molar-refractivity contribution in [2.45, 2.75) is 44.5 Å². The summed E-state index contributed by atoms with van der Waals surface area (Å²) in [5.41, 5.74) is 0. The number of halogens is 1. The summed E-state index contributed by atoms with van der Waals surface area (Å²) < 4.78 is 2.20. The molecule has 1 aromatic heterocycles. The molecular weight excluding hydrogens is 228 g/mol. The van der Waals surface area contributed by atoms with Crippen LogP contribution < -0.4 is 0 Å². The monoisotopic (exact) mass is 244 g/mol. The largest absolute Gasteiger partial charge is 0.335 e. The van der Waals surface area contributed by atoms with Gasteiger partial charge in [0.05, 0.1) is 0 Å². The van der Waals surface area contributed by atoms with Gasteiger partial charge in [0.1, 0.15) is 5.82 Å². The second-order valence-electron chi connectivity index (χ2n) is 3.22. The van der Waals surface area contributed by atoms with Gasteiger partial charge in [-0.15, -0.1) is 0 Å². The molecule has 1 aromatic rings. The summed E-state index contributed by atoms with van der Waals surface area (Å²) in [5, 5.41) is 0. The zero-order valence-corrected chi connectivity index (χ0v) is 9.92. The lowest BCUT2D eigenvalue weighted by atomic mass is 10.2. The summed E-state index contributed by atoms with van der Waals surface area (Å²) in [6.45, 7) is 5.37. The Labute approximate surface area is 88.5 Å². The van der Waals surface area contributed by atoms with Crippen LogP contribution in [0.1, 0.15) is 32.5 Å². The maximum absolute atomic E-state index is 4.34. The average Bonchev–Trinajstić information content (AvgIpc) is 2.52. The van der Waals surface area contributed by atoms with E-state index in [0.717, 1.165) is 13.0 Å². The first-order valence-electron chi connectivity index (χ1n) is 4.92. The summed E-state index contributed by atoms with van der Waals surface area (Å²) in [7, 11) is 0. The predicted molar refractivity (Wildman–Crippen MR) is 59.2 cm³/mol. The molecule has 0 aliphatic rings. The Balaban J connectivity index is 2.52. The van der Waals surface area contributed by atoms with E-state index in [0.29, 0.717) is 4.83 Å². The maximum atomic E-state index is 4.34. The van der Waals surface area contributed by atoms with E-state index in [2.05, 4.69) is 39.3 Å². The Kier molecular flexibility index (Phi) is 4.50. The molecular formula is C10H17BrN2. The molecule has 0 radical (unpaired) electrons. The number of alkyl halides is 1. The van der Waals surface area contributed by atoms with Gasteiger partial charge in [0, 0.05) is 30.2 Å². The molecule has 13 heavy (non-hydrogen) atoms. The summed E-state index contributed by atoms with van der Waals surface area (Å²) in [6.07, 6.45) is 7.40. The highest BCUT2D eigenvalue weighted by atomic mass is 79.9. The number of hydrogen-bond acceptors (Lipinski definition) is 1. The smallest absolute Gasteiger partial charge is 0.109 e. The minimum absolute atomic E-state index is 0.574. The first kappa shape index (κ1) is 10.8. The van der Waals surface area contributed by atoms with Crippen LogP contribution in [-0.2, 0) is 13.0 Å². The first-order valence-corrected chi connectivity index (χ1v) is 5.83. The third-order valence-electron chi connectivity index (χ3n) is 2.15. The minimum atomic E-state index is 0.574. The van der Waals surface area contributed by atoms with E-state index in [1.54, 1.807) is 0 Å². The fraction of sp³-hybridized carbons (Fsp3) is 0.700. The first-order chi connectivity index (χ1) is 6.27. The van der Waals surface area contributed by atoms with Crippen LogP contribution in [0.4, 0.5) is 0 Å². The molecule has 0 spiro atoms. The maximum Gasteiger partial charge on any atom is 0.109 e. The average molecular weight is 245 g/mol. The van der Waals surface area contributed by atoms with E-state index in [1.807, 2.05) is 12.4 Å². The summed E-state index contributed by atoms with van der Waals surface area (Å²) in [5.74, 6) is 1.19. The SMILES string of the molecule is CCCC(Br)Cc1nccn1CC. The summed E-state index contributed by atoms with van der Waals surface area (Å²) in [4.78, 5) is 4.92. The summed E-state index contributed by atoms with van der Waals surface area (Å²) in [6, 6.07) is 0. The molecule has 1 heterocycles. The Hall–Kier alpha value is -0.310. The molecule has 0 fully saturated rings. The van der Waals surface area contributed by atoms with Gasteiger partial charge in [-0.3, -0.25) is 0 Å². The molecule has 0 aliphatic carbocycles. The van der Waals surface area contributed by atoms with E-state index >= 15 is 0 Å². The number of nitrogens with zero attached hydrogens (tertiary/aromatic N) is 2. The molecule has 74 valence electrons. The van der Waals surface area contributed by atoms with Crippen molar-refractivity contribution in [2.24, 2.45) is 0 Å². The van der Waals surface area contributed by atoms with Crippen molar-refractivity contribution in [1.82, 2.24) is 9.55 Å². The number of imidazole rings is 1. The topological polar surface area (TPSA) is 17.8 Å². The second kappa shape index (κ2) is 5.43. The zero-order chi connectivity index (χ0) is 9.68. The van der Waals surface area contributed by atoms with E-state index in [1.165, 1.54) is 18.7 Å². The minimum Gasteiger partial charge on any atom is -0.335 e. The van der Waals surface area contributed by atoms with Gasteiger partial charge in [0.25, 0.3) is 0 Å². The molecule has 0 saturated carbocycles. The lowest BCUT2D eigenvalue weighted by molar-refractivity contribution is 0.656. The van der Waals surface area contributed by atoms with Crippen LogP contribution in [0, 0.1) is 0 Å². The Morgan fingerprint density at radius 1 is 1.54 bits per heavy atom. The number of hydrogen-bond donors (Lipinski definition) is 0. The van der Waals surface area contributed by atoms with E-state index < -0.39 is 0 Å². The molecule has 0 aliphatic heterocycles. The van der Waals surface area contributed by atoms with Crippen LogP contribution in [-0.4, -0.2) is 14.4 Å². The molecule has 0 amide bonds. The molecule has 2 nitrogen and oxygen atoms in total. The van der Waals surface area contributed by atoms with Crippen molar-refractivity contribution in [3.63, 3.8) is 0 Å². The molecule has 1 atom stereocenters. The number of rotatable bonds is 5. The highest BCUT2D eigenvalue weighted by molar-refractivity contribution is 9.09. The van der Waals surface area contributed by atoms with Crippen molar-refractivity contribution >= 4 is 15.9 Å². The van der Waals surface area contributed by atoms with Crippen LogP contribution in [0.25, 0.3) is 0 Å². The highest BCUT2D eigenvalue weighted by Crippen LogP contribution is 2.13. The van der Waals surface area contributed by atoms with Gasteiger partial charge >= 0.3 is 0 Å². The Morgan fingerprint density at radius 3 is 2.92 bits per heavy atom. The van der Waals surface area contributed by atoms with E-state index in [-0.39, 0.29) is 0 Å². The molecule has 1 unspecified atom stereocenters. The van der Waals surface area contributed by atoms with Crippen LogP contribution in [0.2, 0.25) is 0 Å². The predicted octanol–water partition coefficient (Wildman–Crippen LogP) is 3.01. The second-order valence-corrected chi connectivity index (χ2v) is 4.51. The summed E-state index contributed by atoms with van der Waals surface area (Å²) >= 11 is 3.67. The van der Waals surface area contributed by atoms with Gasteiger partial charge in [-0.1, -0.05) is 29.3 Å². The zero-order valence-electron chi connectivity index (χ0n) is 8.33. The quantitative estimate of drug-likeness (QED) is 0.729. The van der Waals surface area contributed by atoms with Gasteiger partial charge < -0.3 is 4.57 Å². The van der Waals surface area contributed by atoms with Gasteiger partial charge in [-0.05, 0) is 13.3 Å². The lowest BCUT2D eigenvalue weighted by Gasteiger charge is -2.09. The van der Waals surface area contributed by atoms with Crippen molar-refractivity contribution in [3.8, 4) is 0 Å². The van der Waals surface area contributed by atoms with Crippen molar-refractivity contribution in [2.75, 3.05) is 0 Å². The molecule has 0 aromatic carbocycles. The molecule has 1 rings (SSSR count). The Bertz CT molecular complexity index is 245. The third kappa shape index (κ3) is 3.14. The van der Waals surface area contributed by atoms with Crippen LogP contribution in [0.3, 0.4) is 0 Å². The van der Waals surface area contributed by atoms with Crippen LogP contribution >= 0.6 is 15.9 Å². The molecule has 0 N–H and O–H groups in total. The number of aromatic nitrogens is 2. The fourth-order valence-electron chi connectivity index (χ4n) is 1.43.